The normalized spacial score (nSPS) is 12.3. The van der Waals surface area contributed by atoms with Crippen LogP contribution in [0.25, 0.3) is 0 Å². The Hall–Kier alpha value is -0.930. The number of carboxylic acid groups (broad SMARTS) is 1. The minimum atomic E-state index is -3.62. The van der Waals surface area contributed by atoms with Crippen molar-refractivity contribution in [2.24, 2.45) is 0 Å². The molecule has 0 saturated carbocycles. The van der Waals surface area contributed by atoms with Gasteiger partial charge in [-0.1, -0.05) is 19.1 Å². The highest BCUT2D eigenvalue weighted by Crippen LogP contribution is 2.18. The maximum atomic E-state index is 12.2. The quantitative estimate of drug-likeness (QED) is 0.646. The van der Waals surface area contributed by atoms with Crippen molar-refractivity contribution >= 4 is 5.97 Å². The number of carboxylic acids is 1. The Morgan fingerprint density at radius 3 is 2.45 bits per heavy atom. The van der Waals surface area contributed by atoms with E-state index >= 15 is 0 Å². The summed E-state index contributed by atoms with van der Waals surface area (Å²) < 4.78 is 24.4. The molecule has 11 heavy (non-hydrogen) atoms. The van der Waals surface area contributed by atoms with Crippen molar-refractivity contribution in [2.75, 3.05) is 0 Å². The number of hydrogen-bond acceptors (Lipinski definition) is 1. The monoisotopic (exact) mass is 164 g/mol. The van der Waals surface area contributed by atoms with E-state index in [4.69, 9.17) is 5.11 Å². The molecule has 0 unspecified atom stereocenters. The van der Waals surface area contributed by atoms with Crippen molar-refractivity contribution in [1.29, 1.82) is 0 Å². The van der Waals surface area contributed by atoms with Crippen LogP contribution in [0.3, 0.4) is 0 Å². The van der Waals surface area contributed by atoms with Gasteiger partial charge in [0.2, 0.25) is 0 Å². The summed E-state index contributed by atoms with van der Waals surface area (Å²) in [7, 11) is 0. The lowest BCUT2D eigenvalue weighted by Gasteiger charge is -2.06. The van der Waals surface area contributed by atoms with E-state index in [0.29, 0.717) is 6.42 Å². The van der Waals surface area contributed by atoms with Crippen LogP contribution in [0.5, 0.6) is 0 Å². The summed E-state index contributed by atoms with van der Waals surface area (Å²) in [6, 6.07) is 0. The summed E-state index contributed by atoms with van der Waals surface area (Å²) in [5, 5.41) is 7.96. The zero-order valence-corrected chi connectivity index (χ0v) is 6.18. The van der Waals surface area contributed by atoms with Crippen LogP contribution < -0.4 is 0 Å². The average molecular weight is 164 g/mol. The smallest absolute Gasteiger partial charge is 0.374 e. The summed E-state index contributed by atoms with van der Waals surface area (Å²) in [6.07, 6.45) is 2.59. The number of carbonyl (C=O) groups is 1. The van der Waals surface area contributed by atoms with Crippen molar-refractivity contribution in [3.05, 3.63) is 12.2 Å². The molecule has 0 atom stereocenters. The maximum Gasteiger partial charge on any atom is 0.374 e. The Morgan fingerprint density at radius 2 is 2.09 bits per heavy atom. The molecular formula is C7H10F2O2. The topological polar surface area (TPSA) is 37.3 Å². The first-order valence-electron chi connectivity index (χ1n) is 3.27. The number of allylic oxidation sites excluding steroid dienone is 2. The summed E-state index contributed by atoms with van der Waals surface area (Å²) in [4.78, 5) is 9.83. The predicted octanol–water partition coefficient (Wildman–Crippen LogP) is 2.06. The summed E-state index contributed by atoms with van der Waals surface area (Å²) in [5.74, 6) is -5.69. The summed E-state index contributed by atoms with van der Waals surface area (Å²) in [5.41, 5.74) is 0. The molecule has 0 aromatic carbocycles. The molecular weight excluding hydrogens is 154 g/mol. The largest absolute Gasteiger partial charge is 0.477 e. The fraction of sp³-hybridized carbons (Fsp3) is 0.571. The molecule has 2 nitrogen and oxygen atoms in total. The molecule has 0 aromatic heterocycles. The highest BCUT2D eigenvalue weighted by atomic mass is 19.3. The van der Waals surface area contributed by atoms with Crippen molar-refractivity contribution in [3.8, 4) is 0 Å². The van der Waals surface area contributed by atoms with Crippen LogP contribution in [0.2, 0.25) is 0 Å². The number of hydrogen-bond donors (Lipinski definition) is 1. The van der Waals surface area contributed by atoms with Gasteiger partial charge in [-0.2, -0.15) is 8.78 Å². The molecule has 0 aliphatic rings. The number of aliphatic carboxylic acids is 1. The van der Waals surface area contributed by atoms with Gasteiger partial charge in [-0.05, 0) is 6.42 Å². The van der Waals surface area contributed by atoms with Crippen molar-refractivity contribution in [2.45, 2.75) is 25.7 Å². The zero-order valence-electron chi connectivity index (χ0n) is 6.18. The minimum absolute atomic E-state index is 0.635. The molecule has 0 saturated heterocycles. The molecule has 0 heterocycles. The van der Waals surface area contributed by atoms with E-state index in [9.17, 15) is 13.6 Å². The molecule has 1 N–H and O–H groups in total. The second-order valence-corrected chi connectivity index (χ2v) is 2.09. The Kier molecular flexibility index (Phi) is 3.71. The average Bonchev–Trinajstić information content (AvgIpc) is 1.88. The molecule has 0 aliphatic heterocycles. The first kappa shape index (κ1) is 10.1. The van der Waals surface area contributed by atoms with Crippen LogP contribution in [0.15, 0.2) is 12.2 Å². The second kappa shape index (κ2) is 4.05. The minimum Gasteiger partial charge on any atom is -0.477 e. The molecule has 0 amide bonds. The van der Waals surface area contributed by atoms with E-state index in [1.54, 1.807) is 6.92 Å². The maximum absolute atomic E-state index is 12.2. The van der Waals surface area contributed by atoms with Gasteiger partial charge in [0.1, 0.15) is 0 Å². The van der Waals surface area contributed by atoms with Crippen LogP contribution in [0, 0.1) is 0 Å². The van der Waals surface area contributed by atoms with Gasteiger partial charge < -0.3 is 5.11 Å². The lowest BCUT2D eigenvalue weighted by Crippen LogP contribution is -2.26. The van der Waals surface area contributed by atoms with Crippen LogP contribution in [0.1, 0.15) is 19.8 Å². The fourth-order valence-corrected chi connectivity index (χ4v) is 0.485. The highest BCUT2D eigenvalue weighted by molar-refractivity contribution is 5.75. The van der Waals surface area contributed by atoms with Gasteiger partial charge >= 0.3 is 11.9 Å². The molecule has 0 aromatic rings. The van der Waals surface area contributed by atoms with Gasteiger partial charge in [0.15, 0.2) is 0 Å². The second-order valence-electron chi connectivity index (χ2n) is 2.09. The predicted molar refractivity (Wildman–Crippen MR) is 36.6 cm³/mol. The van der Waals surface area contributed by atoms with E-state index in [1.807, 2.05) is 0 Å². The van der Waals surface area contributed by atoms with Gasteiger partial charge in [-0.25, -0.2) is 4.79 Å². The zero-order chi connectivity index (χ0) is 8.91. The van der Waals surface area contributed by atoms with Crippen LogP contribution in [0.4, 0.5) is 8.78 Å². The van der Waals surface area contributed by atoms with Gasteiger partial charge in [0.05, 0.1) is 0 Å². The molecule has 0 radical (unpaired) electrons. The van der Waals surface area contributed by atoms with Crippen molar-refractivity contribution < 1.29 is 18.7 Å². The van der Waals surface area contributed by atoms with Gasteiger partial charge in [0, 0.05) is 6.42 Å². The van der Waals surface area contributed by atoms with Crippen molar-refractivity contribution in [3.63, 3.8) is 0 Å². The van der Waals surface area contributed by atoms with Gasteiger partial charge in [-0.15, -0.1) is 0 Å². The van der Waals surface area contributed by atoms with E-state index in [2.05, 4.69) is 0 Å². The van der Waals surface area contributed by atoms with E-state index in [-0.39, 0.29) is 0 Å². The van der Waals surface area contributed by atoms with Gasteiger partial charge in [-0.3, -0.25) is 0 Å². The first-order chi connectivity index (χ1) is 5.00. The van der Waals surface area contributed by atoms with E-state index in [0.717, 1.165) is 0 Å². The standard InChI is InChI=1S/C7H10F2O2/c1-2-3-4-5-7(8,9)6(10)11/h3-4H,2,5H2,1H3,(H,10,11)/b4-3+. The SMILES string of the molecule is CC/C=C/CC(F)(F)C(=O)O. The Balaban J connectivity index is 3.92. The fourth-order valence-electron chi connectivity index (χ4n) is 0.485. The molecule has 0 fully saturated rings. The molecule has 0 spiro atoms. The Bertz CT molecular complexity index is 164. The summed E-state index contributed by atoms with van der Waals surface area (Å²) in [6.45, 7) is 1.79. The number of alkyl halides is 2. The van der Waals surface area contributed by atoms with E-state index < -0.39 is 18.3 Å². The molecule has 0 aliphatic carbocycles. The highest BCUT2D eigenvalue weighted by Gasteiger charge is 2.36. The molecule has 0 rings (SSSR count). The van der Waals surface area contributed by atoms with Gasteiger partial charge in [0.25, 0.3) is 0 Å². The van der Waals surface area contributed by atoms with Crippen molar-refractivity contribution in [1.82, 2.24) is 0 Å². The lowest BCUT2D eigenvalue weighted by atomic mass is 10.2. The number of rotatable bonds is 4. The number of halogens is 2. The third-order valence-corrected chi connectivity index (χ3v) is 1.09. The lowest BCUT2D eigenvalue weighted by molar-refractivity contribution is -0.164. The van der Waals surface area contributed by atoms with E-state index in [1.165, 1.54) is 12.2 Å². The third kappa shape index (κ3) is 3.70. The summed E-state index contributed by atoms with van der Waals surface area (Å²) >= 11 is 0. The first-order valence-corrected chi connectivity index (χ1v) is 3.27. The Morgan fingerprint density at radius 1 is 1.55 bits per heavy atom. The Labute approximate surface area is 63.5 Å². The van der Waals surface area contributed by atoms with Crippen LogP contribution >= 0.6 is 0 Å². The third-order valence-electron chi connectivity index (χ3n) is 1.09. The van der Waals surface area contributed by atoms with Crippen LogP contribution in [-0.4, -0.2) is 17.0 Å². The molecule has 4 heteroatoms. The molecule has 0 bridgehead atoms. The van der Waals surface area contributed by atoms with Crippen LogP contribution in [-0.2, 0) is 4.79 Å². The molecule has 64 valence electrons.